The van der Waals surface area contributed by atoms with E-state index in [0.29, 0.717) is 5.82 Å². The number of aryl methyl sites for hydroxylation is 1. The highest BCUT2D eigenvalue weighted by atomic mass is 16.2. The Morgan fingerprint density at radius 3 is 2.63 bits per heavy atom. The van der Waals surface area contributed by atoms with Crippen molar-refractivity contribution < 1.29 is 4.79 Å². The number of nitrogens with zero attached hydrogens (tertiary/aromatic N) is 5. The van der Waals surface area contributed by atoms with Crippen molar-refractivity contribution in [3.05, 3.63) is 54.1 Å². The molecule has 1 aliphatic heterocycles. The molecule has 27 heavy (non-hydrogen) atoms. The smallest absolute Gasteiger partial charge is 0.248 e. The molecule has 2 heterocycles. The Kier molecular flexibility index (Phi) is 4.82. The molecule has 2 aromatic carbocycles. The fraction of sp³-hybridized carbons (Fsp3) is 0.300. The number of aromatic nitrogens is 4. The largest absolute Gasteiger partial charge is 0.372 e. The lowest BCUT2D eigenvalue weighted by atomic mass is 10.1. The van der Waals surface area contributed by atoms with Gasteiger partial charge in [0.2, 0.25) is 11.7 Å². The molecule has 138 valence electrons. The standard InChI is InChI=1S/C20H22N6O/c1-15-13-17(25-11-5-6-12-25)9-10-18(15)21-19(27)14-26-23-20(22-24-26)16-7-3-2-4-8-16/h2-4,7-10,13H,5-6,11-12,14H2,1H3,(H,21,27). The Labute approximate surface area is 158 Å². The molecule has 3 aromatic rings. The minimum absolute atomic E-state index is 0.0210. The first kappa shape index (κ1) is 17.2. The van der Waals surface area contributed by atoms with Crippen molar-refractivity contribution in [1.82, 2.24) is 20.2 Å². The maximum atomic E-state index is 12.4. The fourth-order valence-electron chi connectivity index (χ4n) is 3.29. The van der Waals surface area contributed by atoms with Gasteiger partial charge in [-0.3, -0.25) is 4.79 Å². The molecule has 0 atom stereocenters. The number of amides is 1. The van der Waals surface area contributed by atoms with Crippen LogP contribution in [-0.4, -0.2) is 39.2 Å². The summed E-state index contributed by atoms with van der Waals surface area (Å²) < 4.78 is 0. The van der Waals surface area contributed by atoms with Gasteiger partial charge < -0.3 is 10.2 Å². The highest BCUT2D eigenvalue weighted by Crippen LogP contribution is 2.25. The minimum Gasteiger partial charge on any atom is -0.372 e. The predicted octanol–water partition coefficient (Wildman–Crippen LogP) is 2.89. The van der Waals surface area contributed by atoms with Crippen LogP contribution < -0.4 is 10.2 Å². The number of hydrogen-bond donors (Lipinski definition) is 1. The molecule has 0 aliphatic carbocycles. The van der Waals surface area contributed by atoms with Gasteiger partial charge in [0.1, 0.15) is 6.54 Å². The van der Waals surface area contributed by atoms with Crippen LogP contribution in [0.1, 0.15) is 18.4 Å². The third-order valence-corrected chi connectivity index (χ3v) is 4.73. The van der Waals surface area contributed by atoms with Crippen LogP contribution in [0.4, 0.5) is 11.4 Å². The summed E-state index contributed by atoms with van der Waals surface area (Å²) in [6.45, 7) is 4.24. The van der Waals surface area contributed by atoms with E-state index in [0.717, 1.165) is 29.9 Å². The molecule has 1 aliphatic rings. The van der Waals surface area contributed by atoms with E-state index in [-0.39, 0.29) is 12.5 Å². The van der Waals surface area contributed by atoms with Gasteiger partial charge in [-0.05, 0) is 48.7 Å². The van der Waals surface area contributed by atoms with E-state index in [4.69, 9.17) is 0 Å². The first-order chi connectivity index (χ1) is 13.2. The molecule has 0 unspecified atom stereocenters. The number of anilines is 2. The van der Waals surface area contributed by atoms with Crippen LogP contribution in [0, 0.1) is 6.92 Å². The average molecular weight is 362 g/mol. The van der Waals surface area contributed by atoms with E-state index < -0.39 is 0 Å². The summed E-state index contributed by atoms with van der Waals surface area (Å²) in [4.78, 5) is 16.1. The molecule has 1 N–H and O–H groups in total. The molecule has 1 aromatic heterocycles. The molecule has 7 heteroatoms. The monoisotopic (exact) mass is 362 g/mol. The van der Waals surface area contributed by atoms with Gasteiger partial charge in [0.05, 0.1) is 0 Å². The van der Waals surface area contributed by atoms with Crippen LogP contribution in [0.15, 0.2) is 48.5 Å². The Morgan fingerprint density at radius 2 is 1.89 bits per heavy atom. The number of hydrogen-bond acceptors (Lipinski definition) is 5. The summed E-state index contributed by atoms with van der Waals surface area (Å²) in [7, 11) is 0. The van der Waals surface area contributed by atoms with E-state index in [1.54, 1.807) is 0 Å². The van der Waals surface area contributed by atoms with Gasteiger partial charge in [-0.2, -0.15) is 4.80 Å². The molecule has 0 bridgehead atoms. The molecule has 0 spiro atoms. The average Bonchev–Trinajstić information content (AvgIpc) is 3.36. The first-order valence-electron chi connectivity index (χ1n) is 9.18. The highest BCUT2D eigenvalue weighted by molar-refractivity contribution is 5.91. The minimum atomic E-state index is -0.177. The van der Waals surface area contributed by atoms with Gasteiger partial charge in [0, 0.05) is 30.0 Å². The number of tetrazole rings is 1. The third kappa shape index (κ3) is 3.97. The highest BCUT2D eigenvalue weighted by Gasteiger charge is 2.14. The van der Waals surface area contributed by atoms with Crippen LogP contribution >= 0.6 is 0 Å². The van der Waals surface area contributed by atoms with E-state index in [2.05, 4.69) is 37.8 Å². The van der Waals surface area contributed by atoms with Gasteiger partial charge in [-0.15, -0.1) is 10.2 Å². The van der Waals surface area contributed by atoms with Crippen LogP contribution in [0.5, 0.6) is 0 Å². The Hall–Kier alpha value is -3.22. The van der Waals surface area contributed by atoms with Crippen LogP contribution in [0.2, 0.25) is 0 Å². The van der Waals surface area contributed by atoms with Crippen molar-refractivity contribution in [2.75, 3.05) is 23.3 Å². The number of rotatable bonds is 5. The lowest BCUT2D eigenvalue weighted by Crippen LogP contribution is -2.21. The van der Waals surface area contributed by atoms with Crippen molar-refractivity contribution in [3.8, 4) is 11.4 Å². The summed E-state index contributed by atoms with van der Waals surface area (Å²) >= 11 is 0. The number of carbonyl (C=O) groups is 1. The summed E-state index contributed by atoms with van der Waals surface area (Å²) in [5, 5.41) is 15.2. The fourth-order valence-corrected chi connectivity index (χ4v) is 3.29. The first-order valence-corrected chi connectivity index (χ1v) is 9.18. The summed E-state index contributed by atoms with van der Waals surface area (Å²) in [6, 6.07) is 15.7. The van der Waals surface area contributed by atoms with Crippen LogP contribution in [0.25, 0.3) is 11.4 Å². The van der Waals surface area contributed by atoms with Crippen LogP contribution in [0.3, 0.4) is 0 Å². The predicted molar refractivity (Wildman–Crippen MR) is 105 cm³/mol. The molecule has 0 radical (unpaired) electrons. The molecule has 0 saturated carbocycles. The maximum absolute atomic E-state index is 12.4. The van der Waals surface area contributed by atoms with Crippen molar-refractivity contribution in [2.45, 2.75) is 26.3 Å². The Morgan fingerprint density at radius 1 is 1.11 bits per heavy atom. The van der Waals surface area contributed by atoms with E-state index >= 15 is 0 Å². The van der Waals surface area contributed by atoms with Crippen molar-refractivity contribution in [1.29, 1.82) is 0 Å². The summed E-state index contributed by atoms with van der Waals surface area (Å²) in [5.74, 6) is 0.332. The topological polar surface area (TPSA) is 75.9 Å². The van der Waals surface area contributed by atoms with Gasteiger partial charge in [0.25, 0.3) is 0 Å². The second kappa shape index (κ2) is 7.57. The zero-order valence-electron chi connectivity index (χ0n) is 15.3. The second-order valence-corrected chi connectivity index (χ2v) is 6.75. The maximum Gasteiger partial charge on any atom is 0.248 e. The van der Waals surface area contributed by atoms with Crippen molar-refractivity contribution in [3.63, 3.8) is 0 Å². The van der Waals surface area contributed by atoms with Gasteiger partial charge >= 0.3 is 0 Å². The van der Waals surface area contributed by atoms with E-state index in [1.807, 2.05) is 43.3 Å². The molecule has 4 rings (SSSR count). The number of benzene rings is 2. The number of nitrogens with one attached hydrogen (secondary N) is 1. The third-order valence-electron chi connectivity index (χ3n) is 4.73. The van der Waals surface area contributed by atoms with Gasteiger partial charge in [-0.25, -0.2) is 0 Å². The lowest BCUT2D eigenvalue weighted by Gasteiger charge is -2.19. The quantitative estimate of drug-likeness (QED) is 0.755. The zero-order chi connectivity index (χ0) is 18.6. The summed E-state index contributed by atoms with van der Waals surface area (Å²) in [5.41, 5.74) is 3.95. The normalized spacial score (nSPS) is 13.7. The van der Waals surface area contributed by atoms with Crippen LogP contribution in [-0.2, 0) is 11.3 Å². The van der Waals surface area contributed by atoms with E-state index in [1.165, 1.54) is 23.3 Å². The van der Waals surface area contributed by atoms with Gasteiger partial charge in [-0.1, -0.05) is 30.3 Å². The molecular formula is C20H22N6O. The number of carbonyl (C=O) groups excluding carboxylic acids is 1. The lowest BCUT2D eigenvalue weighted by molar-refractivity contribution is -0.117. The van der Waals surface area contributed by atoms with Crippen molar-refractivity contribution in [2.24, 2.45) is 0 Å². The molecule has 1 fully saturated rings. The second-order valence-electron chi connectivity index (χ2n) is 6.75. The summed E-state index contributed by atoms with van der Waals surface area (Å²) in [6.07, 6.45) is 2.49. The molecule has 7 nitrogen and oxygen atoms in total. The molecule has 1 saturated heterocycles. The molecule has 1 amide bonds. The Bertz CT molecular complexity index is 931. The molecular weight excluding hydrogens is 340 g/mol. The SMILES string of the molecule is Cc1cc(N2CCCC2)ccc1NC(=O)Cn1nnc(-c2ccccc2)n1. The van der Waals surface area contributed by atoms with Gasteiger partial charge in [0.15, 0.2) is 0 Å². The van der Waals surface area contributed by atoms with E-state index in [9.17, 15) is 4.79 Å². The van der Waals surface area contributed by atoms with Crippen molar-refractivity contribution >= 4 is 17.3 Å². The Balaban J connectivity index is 1.40. The zero-order valence-corrected chi connectivity index (χ0v) is 15.3.